The molecule has 0 spiro atoms. The number of benzene rings is 8. The third kappa shape index (κ3) is 5.89. The molecule has 1 aliphatic heterocycles. The number of fused-ring (bicyclic) bond motifs is 4. The van der Waals surface area contributed by atoms with E-state index in [9.17, 15) is 0 Å². The Kier molecular flexibility index (Phi) is 8.59. The molecule has 59 heavy (non-hydrogen) atoms. The summed E-state index contributed by atoms with van der Waals surface area (Å²) in [7, 11) is 0. The molecule has 0 saturated heterocycles. The van der Waals surface area contributed by atoms with Crippen LogP contribution in [0.5, 0.6) is 0 Å². The predicted molar refractivity (Wildman–Crippen MR) is 245 cm³/mol. The average molecular weight is 756 g/mol. The highest BCUT2D eigenvalue weighted by molar-refractivity contribution is 6.24. The molecule has 0 aromatic heterocycles. The van der Waals surface area contributed by atoms with Crippen LogP contribution in [0.15, 0.2) is 228 Å². The molecule has 0 amide bonds. The Bertz CT molecular complexity index is 2980. The lowest BCUT2D eigenvalue weighted by atomic mass is 9.65. The molecule has 2 aliphatic carbocycles. The Hall–Kier alpha value is -7.36. The topological polar surface area (TPSA) is 36.8 Å². The number of rotatable bonds is 7. The molecule has 2 atom stereocenters. The van der Waals surface area contributed by atoms with Crippen molar-refractivity contribution < 1.29 is 0 Å². The van der Waals surface area contributed by atoms with E-state index in [-0.39, 0.29) is 0 Å². The summed E-state index contributed by atoms with van der Waals surface area (Å²) in [6, 6.07) is 70.0. The third-order valence-electron chi connectivity index (χ3n) is 12.3. The van der Waals surface area contributed by atoms with Gasteiger partial charge in [-0.25, -0.2) is 9.98 Å². The van der Waals surface area contributed by atoms with Gasteiger partial charge in [0.15, 0.2) is 6.17 Å². The molecular formula is C56H41N3. The first kappa shape index (κ1) is 34.9. The molecule has 3 nitrogen and oxygen atoms in total. The van der Waals surface area contributed by atoms with Crippen LogP contribution >= 0.6 is 0 Å². The number of hydrogen-bond acceptors (Lipinski definition) is 3. The van der Waals surface area contributed by atoms with Crippen LogP contribution in [-0.2, 0) is 5.41 Å². The molecule has 0 fully saturated rings. The quantitative estimate of drug-likeness (QED) is 0.173. The zero-order chi connectivity index (χ0) is 39.2. The van der Waals surface area contributed by atoms with Crippen LogP contribution in [0.25, 0.3) is 44.2 Å². The van der Waals surface area contributed by atoms with E-state index in [1.165, 1.54) is 61.0 Å². The Labute approximate surface area is 345 Å². The summed E-state index contributed by atoms with van der Waals surface area (Å²) in [5.41, 5.74) is 15.2. The van der Waals surface area contributed by atoms with E-state index in [4.69, 9.17) is 9.98 Å². The molecule has 2 unspecified atom stereocenters. The lowest BCUT2D eigenvalue weighted by molar-refractivity contribution is 0.693. The van der Waals surface area contributed by atoms with Crippen LogP contribution in [0, 0.1) is 0 Å². The molecule has 0 bridgehead atoms. The second-order valence-corrected chi connectivity index (χ2v) is 15.6. The summed E-state index contributed by atoms with van der Waals surface area (Å²) in [5.74, 6) is 1.62. The highest BCUT2D eigenvalue weighted by Crippen LogP contribution is 2.59. The van der Waals surface area contributed by atoms with Crippen molar-refractivity contribution in [1.29, 1.82) is 0 Å². The van der Waals surface area contributed by atoms with Crippen LogP contribution in [0.2, 0.25) is 0 Å². The lowest BCUT2D eigenvalue weighted by Crippen LogP contribution is -2.36. The van der Waals surface area contributed by atoms with E-state index in [1.54, 1.807) is 0 Å². The molecule has 3 heteroatoms. The number of aliphatic imine (C=N–C) groups is 2. The molecule has 1 heterocycles. The van der Waals surface area contributed by atoms with Crippen LogP contribution in [0.4, 0.5) is 0 Å². The van der Waals surface area contributed by atoms with Crippen molar-refractivity contribution in [1.82, 2.24) is 5.32 Å². The molecule has 8 aromatic carbocycles. The summed E-state index contributed by atoms with van der Waals surface area (Å²) in [6.07, 6.45) is 8.44. The smallest absolute Gasteiger partial charge is 0.169 e. The third-order valence-corrected chi connectivity index (χ3v) is 12.3. The zero-order valence-corrected chi connectivity index (χ0v) is 32.6. The van der Waals surface area contributed by atoms with E-state index in [2.05, 4.69) is 218 Å². The molecule has 280 valence electrons. The van der Waals surface area contributed by atoms with Crippen LogP contribution in [0.1, 0.15) is 52.4 Å². The summed E-state index contributed by atoms with van der Waals surface area (Å²) in [4.78, 5) is 11.0. The van der Waals surface area contributed by atoms with Gasteiger partial charge in [-0.15, -0.1) is 0 Å². The highest BCUT2D eigenvalue weighted by Gasteiger charge is 2.48. The number of hydrogen-bond donors (Lipinski definition) is 1. The first-order chi connectivity index (χ1) is 29.3. The molecule has 3 aliphatic rings. The minimum Gasteiger partial charge on any atom is -0.324 e. The Balaban J connectivity index is 1.14. The van der Waals surface area contributed by atoms with Gasteiger partial charge in [0, 0.05) is 11.1 Å². The summed E-state index contributed by atoms with van der Waals surface area (Å²) >= 11 is 0. The Morgan fingerprint density at radius 3 is 1.76 bits per heavy atom. The fourth-order valence-corrected chi connectivity index (χ4v) is 9.59. The van der Waals surface area contributed by atoms with Crippen molar-refractivity contribution in [3.05, 3.63) is 251 Å². The monoisotopic (exact) mass is 755 g/mol. The molecule has 0 saturated carbocycles. The second-order valence-electron chi connectivity index (χ2n) is 15.6. The Morgan fingerprint density at radius 1 is 0.492 bits per heavy atom. The fraction of sp³-hybridized carbons (Fsp3) is 0.0714. The van der Waals surface area contributed by atoms with Gasteiger partial charge >= 0.3 is 0 Å². The highest BCUT2D eigenvalue weighted by atomic mass is 15.2. The van der Waals surface area contributed by atoms with Crippen LogP contribution in [0.3, 0.4) is 0 Å². The largest absolute Gasteiger partial charge is 0.324 e. The summed E-state index contributed by atoms with van der Waals surface area (Å²) in [6.45, 7) is 0. The number of amidine groups is 2. The van der Waals surface area contributed by atoms with Crippen molar-refractivity contribution >= 4 is 22.4 Å². The summed E-state index contributed by atoms with van der Waals surface area (Å²) in [5, 5.41) is 6.20. The van der Waals surface area contributed by atoms with Gasteiger partial charge in [0.05, 0.1) is 5.41 Å². The first-order valence-electron chi connectivity index (χ1n) is 20.6. The number of nitrogens with one attached hydrogen (secondary N) is 1. The van der Waals surface area contributed by atoms with E-state index in [0.717, 1.165) is 46.6 Å². The van der Waals surface area contributed by atoms with Gasteiger partial charge in [0.1, 0.15) is 11.7 Å². The van der Waals surface area contributed by atoms with Gasteiger partial charge in [-0.2, -0.15) is 0 Å². The standard InChI is InChI=1S/C56H41N3/c1-5-17-38(18-6-1)40-29-33-42(34-30-40)53-57-54(43-35-31-41(32-36-43)39-19-7-2-8-20-39)59-55(58-53)52-47-26-14-13-21-44(47)37-50-51(52)48-27-15-16-28-49(48)56(50,45-22-9-3-10-23-45)46-24-11-4-12-25-46/h1-11,13-24,26-37,53H,12,25H2,(H,57,58,59). The fourth-order valence-electron chi connectivity index (χ4n) is 9.59. The SMILES string of the molecule is C1=CCCC(C2(c3ccccc3)c3ccccc3-c3c2cc2ccccc2c3C2=NC(c3ccc(-c4ccccc4)cc3)N=C(c3ccc(-c4ccccc4)cc3)N2)=C1. The van der Waals surface area contributed by atoms with E-state index in [1.807, 2.05) is 0 Å². The first-order valence-corrected chi connectivity index (χ1v) is 20.6. The van der Waals surface area contributed by atoms with Crippen LogP contribution in [-0.4, -0.2) is 11.7 Å². The maximum Gasteiger partial charge on any atom is 0.169 e. The molecular weight excluding hydrogens is 715 g/mol. The number of allylic oxidation sites excluding steroid dienone is 4. The minimum atomic E-state index is -0.469. The molecule has 11 rings (SSSR count). The van der Waals surface area contributed by atoms with E-state index in [0.29, 0.717) is 0 Å². The van der Waals surface area contributed by atoms with Crippen molar-refractivity contribution in [3.8, 4) is 33.4 Å². The maximum atomic E-state index is 5.59. The van der Waals surface area contributed by atoms with Crippen molar-refractivity contribution in [2.24, 2.45) is 9.98 Å². The van der Waals surface area contributed by atoms with Crippen molar-refractivity contribution in [3.63, 3.8) is 0 Å². The van der Waals surface area contributed by atoms with Gasteiger partial charge in [0.25, 0.3) is 0 Å². The predicted octanol–water partition coefficient (Wildman–Crippen LogP) is 13.3. The van der Waals surface area contributed by atoms with Gasteiger partial charge in [0.2, 0.25) is 0 Å². The van der Waals surface area contributed by atoms with Gasteiger partial charge < -0.3 is 5.32 Å². The molecule has 1 N–H and O–H groups in total. The van der Waals surface area contributed by atoms with Crippen molar-refractivity contribution in [2.45, 2.75) is 24.4 Å². The minimum absolute atomic E-state index is 0.462. The van der Waals surface area contributed by atoms with Crippen LogP contribution < -0.4 is 5.32 Å². The molecule has 8 aromatic rings. The van der Waals surface area contributed by atoms with E-state index >= 15 is 0 Å². The van der Waals surface area contributed by atoms with Gasteiger partial charge in [-0.3, -0.25) is 0 Å². The molecule has 0 radical (unpaired) electrons. The normalized spacial score (nSPS) is 18.0. The maximum absolute atomic E-state index is 5.59. The average Bonchev–Trinajstić information content (AvgIpc) is 3.62. The second kappa shape index (κ2) is 14.5. The Morgan fingerprint density at radius 2 is 1.07 bits per heavy atom. The number of nitrogens with zero attached hydrogens (tertiary/aromatic N) is 2. The summed E-state index contributed by atoms with van der Waals surface area (Å²) < 4.78 is 0. The van der Waals surface area contributed by atoms with E-state index < -0.39 is 11.6 Å². The lowest BCUT2D eigenvalue weighted by Gasteiger charge is -2.37. The van der Waals surface area contributed by atoms with Gasteiger partial charge in [-0.05, 0) is 85.3 Å². The van der Waals surface area contributed by atoms with Crippen molar-refractivity contribution in [2.75, 3.05) is 0 Å². The van der Waals surface area contributed by atoms with Gasteiger partial charge in [-0.1, -0.05) is 212 Å². The zero-order valence-electron chi connectivity index (χ0n) is 32.6.